The fourth-order valence-electron chi connectivity index (χ4n) is 4.00. The highest BCUT2D eigenvalue weighted by molar-refractivity contribution is 8.18. The summed E-state index contributed by atoms with van der Waals surface area (Å²) in [6, 6.07) is 22.4. The van der Waals surface area contributed by atoms with Gasteiger partial charge in [0.05, 0.1) is 10.6 Å². The lowest BCUT2D eigenvalue weighted by Gasteiger charge is -2.08. The number of ether oxygens (including phenoxy) is 1. The molecule has 1 amide bonds. The predicted octanol–water partition coefficient (Wildman–Crippen LogP) is 6.35. The number of rotatable bonds is 11. The molecule has 0 radical (unpaired) electrons. The number of nitrogens with zero attached hydrogens (tertiary/aromatic N) is 2. The summed E-state index contributed by atoms with van der Waals surface area (Å²) in [7, 11) is 1.66. The Morgan fingerprint density at radius 2 is 1.67 bits per heavy atom. The predicted molar refractivity (Wildman–Crippen MR) is 155 cm³/mol. The molecular weight excluding hydrogens is 512 g/mol. The van der Waals surface area contributed by atoms with Crippen LogP contribution < -0.4 is 4.74 Å². The molecule has 1 fully saturated rings. The molecule has 39 heavy (non-hydrogen) atoms. The lowest BCUT2D eigenvalue weighted by molar-refractivity contribution is -0.147. The molecule has 3 aromatic rings. The van der Waals surface area contributed by atoms with E-state index >= 15 is 0 Å². The normalized spacial score (nSPS) is 16.2. The third kappa shape index (κ3) is 7.59. The SMILES string of the molecule is CCCCCc1ccc(COc2ccc(/C=C3/SC(=Nc4ccc(C(O)C(=O)O)cc4)N(C)C3=O)cc2)cc1. The van der Waals surface area contributed by atoms with Crippen molar-refractivity contribution in [2.75, 3.05) is 7.05 Å². The van der Waals surface area contributed by atoms with Crippen LogP contribution in [0, 0.1) is 0 Å². The molecule has 8 heteroatoms. The zero-order valence-electron chi connectivity index (χ0n) is 22.0. The van der Waals surface area contributed by atoms with Crippen molar-refractivity contribution in [2.24, 2.45) is 4.99 Å². The van der Waals surface area contributed by atoms with E-state index in [1.54, 1.807) is 19.2 Å². The second-order valence-electron chi connectivity index (χ2n) is 9.33. The van der Waals surface area contributed by atoms with Crippen molar-refractivity contribution in [1.29, 1.82) is 0 Å². The number of aliphatic carboxylic acids is 1. The van der Waals surface area contributed by atoms with Crippen LogP contribution in [0.1, 0.15) is 54.5 Å². The van der Waals surface area contributed by atoms with E-state index in [1.165, 1.54) is 53.6 Å². The Hall–Kier alpha value is -3.88. The van der Waals surface area contributed by atoms with Crippen molar-refractivity contribution in [3.05, 3.63) is 100.0 Å². The number of carboxylic acid groups (broad SMARTS) is 1. The molecule has 3 aromatic carbocycles. The molecule has 0 spiro atoms. The maximum absolute atomic E-state index is 12.8. The third-order valence-corrected chi connectivity index (χ3v) is 7.41. The van der Waals surface area contributed by atoms with Crippen molar-refractivity contribution >= 4 is 40.6 Å². The number of carbonyl (C=O) groups excluding carboxylic acids is 1. The first-order chi connectivity index (χ1) is 18.8. The van der Waals surface area contributed by atoms with Gasteiger partial charge in [-0.2, -0.15) is 0 Å². The fraction of sp³-hybridized carbons (Fsp3) is 0.258. The fourth-order valence-corrected chi connectivity index (χ4v) is 4.98. The molecule has 2 N–H and O–H groups in total. The molecule has 1 saturated heterocycles. The summed E-state index contributed by atoms with van der Waals surface area (Å²) >= 11 is 1.26. The van der Waals surface area contributed by atoms with Gasteiger partial charge in [0.25, 0.3) is 5.91 Å². The van der Waals surface area contributed by atoms with Gasteiger partial charge in [-0.05, 0) is 77.2 Å². The second-order valence-corrected chi connectivity index (χ2v) is 10.3. The highest BCUT2D eigenvalue weighted by Crippen LogP contribution is 2.33. The standard InChI is InChI=1S/C31H32N2O5S/c1-3-4-5-6-21-7-9-23(10-8-21)20-38-26-17-11-22(12-18-26)19-27-29(35)33(2)31(39-27)32-25-15-13-24(14-16-25)28(34)30(36)37/h7-19,28,34H,3-6,20H2,1-2H3,(H,36,37)/b27-19+,32-31?. The van der Waals surface area contributed by atoms with Crippen LogP contribution in [0.2, 0.25) is 0 Å². The molecule has 1 heterocycles. The van der Waals surface area contributed by atoms with Crippen LogP contribution in [0.5, 0.6) is 5.75 Å². The largest absolute Gasteiger partial charge is 0.489 e. The number of likely N-dealkylation sites (N-methyl/N-ethyl adjacent to an activating group) is 1. The molecule has 0 saturated carbocycles. The zero-order chi connectivity index (χ0) is 27.8. The van der Waals surface area contributed by atoms with Gasteiger partial charge >= 0.3 is 5.97 Å². The van der Waals surface area contributed by atoms with Crippen molar-refractivity contribution < 1.29 is 24.5 Å². The van der Waals surface area contributed by atoms with Crippen LogP contribution in [-0.4, -0.2) is 39.2 Å². The Morgan fingerprint density at radius 3 is 2.31 bits per heavy atom. The van der Waals surface area contributed by atoms with Crippen molar-refractivity contribution in [1.82, 2.24) is 4.90 Å². The summed E-state index contributed by atoms with van der Waals surface area (Å²) < 4.78 is 5.94. The van der Waals surface area contributed by atoms with Crippen molar-refractivity contribution in [3.8, 4) is 5.75 Å². The highest BCUT2D eigenvalue weighted by atomic mass is 32.2. The van der Waals surface area contributed by atoms with Crippen molar-refractivity contribution in [2.45, 2.75) is 45.3 Å². The van der Waals surface area contributed by atoms with Crippen LogP contribution in [0.4, 0.5) is 5.69 Å². The Kier molecular flexibility index (Phi) is 9.57. The second kappa shape index (κ2) is 13.3. The van der Waals surface area contributed by atoms with Gasteiger partial charge in [-0.25, -0.2) is 9.79 Å². The third-order valence-electron chi connectivity index (χ3n) is 6.35. The van der Waals surface area contributed by atoms with E-state index in [2.05, 4.69) is 36.2 Å². The van der Waals surface area contributed by atoms with Gasteiger partial charge in [0.2, 0.25) is 0 Å². The molecule has 0 bridgehead atoms. The molecule has 1 unspecified atom stereocenters. The van der Waals surface area contributed by atoms with E-state index in [4.69, 9.17) is 9.84 Å². The number of aliphatic hydroxyl groups is 1. The van der Waals surface area contributed by atoms with E-state index in [-0.39, 0.29) is 11.5 Å². The number of aliphatic hydroxyl groups excluding tert-OH is 1. The lowest BCUT2D eigenvalue weighted by Crippen LogP contribution is -2.23. The first-order valence-corrected chi connectivity index (χ1v) is 13.7. The van der Waals surface area contributed by atoms with E-state index in [0.29, 0.717) is 22.4 Å². The van der Waals surface area contributed by atoms with Gasteiger partial charge < -0.3 is 14.9 Å². The van der Waals surface area contributed by atoms with E-state index in [0.717, 1.165) is 23.3 Å². The number of benzene rings is 3. The van der Waals surface area contributed by atoms with Crippen LogP contribution in [0.15, 0.2) is 82.7 Å². The van der Waals surface area contributed by atoms with Gasteiger partial charge in [0.15, 0.2) is 11.3 Å². The minimum Gasteiger partial charge on any atom is -0.489 e. The maximum atomic E-state index is 12.8. The van der Waals surface area contributed by atoms with Gasteiger partial charge in [-0.1, -0.05) is 68.3 Å². The molecule has 202 valence electrons. The molecule has 0 aliphatic carbocycles. The van der Waals surface area contributed by atoms with Crippen LogP contribution >= 0.6 is 11.8 Å². The van der Waals surface area contributed by atoms with Gasteiger partial charge in [0, 0.05) is 7.05 Å². The molecule has 1 atom stereocenters. The zero-order valence-corrected chi connectivity index (χ0v) is 22.9. The minimum atomic E-state index is -1.59. The summed E-state index contributed by atoms with van der Waals surface area (Å²) in [5.41, 5.74) is 4.16. The summed E-state index contributed by atoms with van der Waals surface area (Å²) in [5, 5.41) is 19.1. The number of aliphatic imine (C=N–C) groups is 1. The number of thioether (sulfide) groups is 1. The number of carboxylic acids is 1. The number of unbranched alkanes of at least 4 members (excludes halogenated alkanes) is 2. The first kappa shape index (κ1) is 28.1. The summed E-state index contributed by atoms with van der Waals surface area (Å²) in [6.07, 6.45) is 5.05. The minimum absolute atomic E-state index is 0.157. The van der Waals surface area contributed by atoms with Crippen LogP contribution in [0.3, 0.4) is 0 Å². The highest BCUT2D eigenvalue weighted by Gasteiger charge is 2.30. The molecule has 1 aliphatic heterocycles. The summed E-state index contributed by atoms with van der Waals surface area (Å²) in [5.74, 6) is -0.719. The number of hydrogen-bond acceptors (Lipinski definition) is 6. The summed E-state index contributed by atoms with van der Waals surface area (Å²) in [4.78, 5) is 30.3. The van der Waals surface area contributed by atoms with E-state index < -0.39 is 12.1 Å². The van der Waals surface area contributed by atoms with Gasteiger partial charge in [-0.3, -0.25) is 9.69 Å². The van der Waals surface area contributed by atoms with Crippen LogP contribution in [-0.2, 0) is 22.6 Å². The Morgan fingerprint density at radius 1 is 1.00 bits per heavy atom. The number of carbonyl (C=O) groups is 2. The number of amidine groups is 1. The molecular formula is C31H32N2O5S. The number of amides is 1. The average Bonchev–Trinajstić information content (AvgIpc) is 3.21. The van der Waals surface area contributed by atoms with Gasteiger partial charge in [0.1, 0.15) is 12.4 Å². The number of aryl methyl sites for hydroxylation is 1. The maximum Gasteiger partial charge on any atom is 0.337 e. The molecule has 1 aliphatic rings. The van der Waals surface area contributed by atoms with Crippen LogP contribution in [0.25, 0.3) is 6.08 Å². The van der Waals surface area contributed by atoms with Crippen molar-refractivity contribution in [3.63, 3.8) is 0 Å². The number of hydrogen-bond donors (Lipinski definition) is 2. The Balaban J connectivity index is 1.35. The molecule has 0 aromatic heterocycles. The quantitative estimate of drug-likeness (QED) is 0.216. The Bertz CT molecular complexity index is 1350. The topological polar surface area (TPSA) is 99.4 Å². The molecule has 4 rings (SSSR count). The monoisotopic (exact) mass is 544 g/mol. The van der Waals surface area contributed by atoms with E-state index in [9.17, 15) is 14.7 Å². The molecule has 7 nitrogen and oxygen atoms in total. The average molecular weight is 545 g/mol. The van der Waals surface area contributed by atoms with E-state index in [1.807, 2.05) is 30.3 Å². The smallest absolute Gasteiger partial charge is 0.337 e. The van der Waals surface area contributed by atoms with Gasteiger partial charge in [-0.15, -0.1) is 0 Å². The first-order valence-electron chi connectivity index (χ1n) is 12.9. The Labute approximate surface area is 232 Å². The summed E-state index contributed by atoms with van der Waals surface area (Å²) in [6.45, 7) is 2.70. The lowest BCUT2D eigenvalue weighted by atomic mass is 10.1.